The predicted octanol–water partition coefficient (Wildman–Crippen LogP) is 2.45. The smallest absolute Gasteiger partial charge is 0.276 e. The van der Waals surface area contributed by atoms with Crippen LogP contribution in [0.25, 0.3) is 0 Å². The second kappa shape index (κ2) is 10.3. The number of rotatable bonds is 6. The number of benzene rings is 2. The summed E-state index contributed by atoms with van der Waals surface area (Å²) in [7, 11) is 0. The highest BCUT2D eigenvalue weighted by Crippen LogP contribution is 2.17. The molecule has 2 rings (SSSR count). The van der Waals surface area contributed by atoms with Crippen LogP contribution in [0.2, 0.25) is 5.02 Å². The second-order valence-corrected chi connectivity index (χ2v) is 5.97. The molecule has 2 aromatic rings. The number of amides is 2. The summed E-state index contributed by atoms with van der Waals surface area (Å²) in [5, 5.41) is 2.97. The molecule has 0 atom stereocenters. The van der Waals surface area contributed by atoms with Crippen LogP contribution < -0.4 is 25.6 Å². The summed E-state index contributed by atoms with van der Waals surface area (Å²) >= 11 is 10.8. The Morgan fingerprint density at radius 2 is 1.74 bits per heavy atom. The lowest BCUT2D eigenvalue weighted by atomic mass is 10.2. The van der Waals surface area contributed by atoms with E-state index in [1.54, 1.807) is 48.5 Å². The highest BCUT2D eigenvalue weighted by atomic mass is 35.5. The van der Waals surface area contributed by atoms with E-state index in [0.717, 1.165) is 0 Å². The minimum atomic E-state index is -0.476. The van der Waals surface area contributed by atoms with Crippen molar-refractivity contribution in [1.82, 2.24) is 16.2 Å². The van der Waals surface area contributed by atoms with Gasteiger partial charge in [-0.05, 0) is 55.5 Å². The zero-order chi connectivity index (χ0) is 19.6. The molecule has 0 spiro atoms. The van der Waals surface area contributed by atoms with Crippen LogP contribution in [-0.4, -0.2) is 30.1 Å². The Morgan fingerprint density at radius 1 is 1.04 bits per heavy atom. The largest absolute Gasteiger partial charge is 0.493 e. The molecule has 27 heavy (non-hydrogen) atoms. The first-order valence-electron chi connectivity index (χ1n) is 8.00. The summed E-state index contributed by atoms with van der Waals surface area (Å²) in [6.45, 7) is 2.01. The minimum Gasteiger partial charge on any atom is -0.493 e. The third-order valence-corrected chi connectivity index (χ3v) is 3.61. The fourth-order valence-corrected chi connectivity index (χ4v) is 2.25. The number of hydrogen-bond donors (Lipinski definition) is 3. The Bertz CT molecular complexity index is 815. The molecule has 0 bridgehead atoms. The van der Waals surface area contributed by atoms with Crippen molar-refractivity contribution in [2.24, 2.45) is 0 Å². The molecule has 0 aromatic heterocycles. The first-order valence-corrected chi connectivity index (χ1v) is 8.78. The summed E-state index contributed by atoms with van der Waals surface area (Å²) in [5.41, 5.74) is 5.11. The lowest BCUT2D eigenvalue weighted by molar-refractivity contribution is -0.123. The second-order valence-electron chi connectivity index (χ2n) is 5.13. The quantitative estimate of drug-likeness (QED) is 0.503. The van der Waals surface area contributed by atoms with Crippen LogP contribution in [-0.2, 0) is 4.79 Å². The molecule has 0 radical (unpaired) electrons. The van der Waals surface area contributed by atoms with Gasteiger partial charge in [-0.1, -0.05) is 23.7 Å². The summed E-state index contributed by atoms with van der Waals surface area (Å²) in [6.07, 6.45) is 0. The Kier molecular flexibility index (Phi) is 7.84. The van der Waals surface area contributed by atoms with Crippen LogP contribution in [0.5, 0.6) is 11.5 Å². The zero-order valence-corrected chi connectivity index (χ0v) is 16.0. The van der Waals surface area contributed by atoms with E-state index in [4.69, 9.17) is 33.3 Å². The van der Waals surface area contributed by atoms with Gasteiger partial charge in [0, 0.05) is 5.02 Å². The molecule has 142 valence electrons. The lowest BCUT2D eigenvalue weighted by Gasteiger charge is -2.13. The summed E-state index contributed by atoms with van der Waals surface area (Å²) in [5.74, 6) is 0.0122. The van der Waals surface area contributed by atoms with Gasteiger partial charge in [0.1, 0.15) is 11.5 Å². The Hall–Kier alpha value is -2.84. The molecule has 0 unspecified atom stereocenters. The molecule has 0 saturated heterocycles. The Labute approximate surface area is 167 Å². The summed E-state index contributed by atoms with van der Waals surface area (Å²) in [6, 6.07) is 13.4. The van der Waals surface area contributed by atoms with E-state index in [2.05, 4.69) is 16.2 Å². The van der Waals surface area contributed by atoms with Gasteiger partial charge in [-0.25, -0.2) is 0 Å². The number of thiocarbonyl (C=S) groups is 1. The van der Waals surface area contributed by atoms with Gasteiger partial charge in [-0.15, -0.1) is 0 Å². The predicted molar refractivity (Wildman–Crippen MR) is 106 cm³/mol. The first kappa shape index (κ1) is 20.5. The highest BCUT2D eigenvalue weighted by molar-refractivity contribution is 7.80. The van der Waals surface area contributed by atoms with E-state index >= 15 is 0 Å². The monoisotopic (exact) mass is 407 g/mol. The van der Waals surface area contributed by atoms with Crippen molar-refractivity contribution in [2.45, 2.75) is 6.92 Å². The van der Waals surface area contributed by atoms with E-state index in [9.17, 15) is 9.59 Å². The van der Waals surface area contributed by atoms with Gasteiger partial charge in [-0.2, -0.15) is 0 Å². The van der Waals surface area contributed by atoms with Gasteiger partial charge in [0.05, 0.1) is 12.2 Å². The minimum absolute atomic E-state index is 0.0638. The zero-order valence-electron chi connectivity index (χ0n) is 14.5. The van der Waals surface area contributed by atoms with Crippen molar-refractivity contribution in [2.75, 3.05) is 13.2 Å². The average Bonchev–Trinajstić information content (AvgIpc) is 2.66. The third-order valence-electron chi connectivity index (χ3n) is 3.16. The van der Waals surface area contributed by atoms with E-state index in [0.29, 0.717) is 28.7 Å². The Morgan fingerprint density at radius 3 is 2.44 bits per heavy atom. The number of ether oxygens (including phenoxy) is 2. The molecule has 7 nitrogen and oxygen atoms in total. The van der Waals surface area contributed by atoms with E-state index in [-0.39, 0.29) is 11.7 Å². The number of nitrogens with one attached hydrogen (secondary N) is 3. The molecule has 3 N–H and O–H groups in total. The maximum absolute atomic E-state index is 12.3. The molecular formula is C18H18ClN3O4S. The molecule has 0 saturated carbocycles. The van der Waals surface area contributed by atoms with Crippen molar-refractivity contribution in [3.8, 4) is 11.5 Å². The van der Waals surface area contributed by atoms with Gasteiger partial charge in [-0.3, -0.25) is 25.8 Å². The van der Waals surface area contributed by atoms with Gasteiger partial charge < -0.3 is 9.47 Å². The number of hydrogen-bond acceptors (Lipinski definition) is 5. The fourth-order valence-electron chi connectivity index (χ4n) is 1.98. The van der Waals surface area contributed by atoms with Crippen molar-refractivity contribution in [1.29, 1.82) is 0 Å². The van der Waals surface area contributed by atoms with Crippen LogP contribution in [0.3, 0.4) is 0 Å². The van der Waals surface area contributed by atoms with Crippen LogP contribution in [0.15, 0.2) is 48.5 Å². The maximum atomic E-state index is 12.3. The number of hydrazine groups is 1. The van der Waals surface area contributed by atoms with Crippen molar-refractivity contribution < 1.29 is 19.1 Å². The maximum Gasteiger partial charge on any atom is 0.276 e. The molecule has 0 heterocycles. The van der Waals surface area contributed by atoms with Gasteiger partial charge in [0.2, 0.25) is 0 Å². The van der Waals surface area contributed by atoms with Gasteiger partial charge in [0.15, 0.2) is 11.7 Å². The Balaban J connectivity index is 1.77. The number of para-hydroxylation sites is 1. The van der Waals surface area contributed by atoms with Crippen LogP contribution in [0.1, 0.15) is 17.3 Å². The molecule has 2 aromatic carbocycles. The molecular weight excluding hydrogens is 390 g/mol. The molecule has 0 fully saturated rings. The number of carbonyl (C=O) groups is 2. The molecule has 0 aliphatic carbocycles. The normalized spacial score (nSPS) is 9.85. The number of carbonyl (C=O) groups excluding carboxylic acids is 2. The van der Waals surface area contributed by atoms with E-state index < -0.39 is 11.8 Å². The lowest BCUT2D eigenvalue weighted by Crippen LogP contribution is -2.49. The van der Waals surface area contributed by atoms with Crippen molar-refractivity contribution >= 4 is 40.7 Å². The third kappa shape index (κ3) is 6.76. The van der Waals surface area contributed by atoms with Crippen molar-refractivity contribution in [3.63, 3.8) is 0 Å². The van der Waals surface area contributed by atoms with Crippen LogP contribution in [0, 0.1) is 0 Å². The topological polar surface area (TPSA) is 88.7 Å². The molecule has 9 heteroatoms. The van der Waals surface area contributed by atoms with Gasteiger partial charge in [0.25, 0.3) is 11.8 Å². The van der Waals surface area contributed by atoms with E-state index in [1.807, 2.05) is 6.92 Å². The van der Waals surface area contributed by atoms with Gasteiger partial charge >= 0.3 is 0 Å². The highest BCUT2D eigenvalue weighted by Gasteiger charge is 2.13. The standard InChI is InChI=1S/C18H18ClN3O4S/c1-2-25-15-6-4-3-5-14(15)17(24)20-18(27)22-21-16(23)11-26-13-9-7-12(19)8-10-13/h3-10H,2,11H2,1H3,(H,21,23)(H2,20,22,24,27). The van der Waals surface area contributed by atoms with E-state index in [1.165, 1.54) is 0 Å². The molecule has 2 amide bonds. The van der Waals surface area contributed by atoms with Crippen LogP contribution in [0.4, 0.5) is 0 Å². The fraction of sp³-hybridized carbons (Fsp3) is 0.167. The summed E-state index contributed by atoms with van der Waals surface area (Å²) < 4.78 is 10.7. The van der Waals surface area contributed by atoms with Crippen LogP contribution >= 0.6 is 23.8 Å². The summed E-state index contributed by atoms with van der Waals surface area (Å²) in [4.78, 5) is 24.0. The van der Waals surface area contributed by atoms with Crippen molar-refractivity contribution in [3.05, 3.63) is 59.1 Å². The number of halogens is 1. The average molecular weight is 408 g/mol. The first-order chi connectivity index (χ1) is 13.0. The molecule has 0 aliphatic rings. The SMILES string of the molecule is CCOc1ccccc1C(=O)NC(=S)NNC(=O)COc1ccc(Cl)cc1. The molecule has 0 aliphatic heterocycles.